The Bertz CT molecular complexity index is 1700. The highest BCUT2D eigenvalue weighted by Gasteiger charge is 2.25. The van der Waals surface area contributed by atoms with Crippen molar-refractivity contribution in [2.45, 2.75) is 6.92 Å². The van der Waals surface area contributed by atoms with Crippen molar-refractivity contribution in [1.29, 1.82) is 0 Å². The molecule has 8 heteroatoms. The van der Waals surface area contributed by atoms with Crippen molar-refractivity contribution in [3.63, 3.8) is 0 Å². The van der Waals surface area contributed by atoms with E-state index in [0.29, 0.717) is 27.7 Å². The Hall–Kier alpha value is -4.36. The van der Waals surface area contributed by atoms with Gasteiger partial charge in [0.2, 0.25) is 5.78 Å². The number of benzene rings is 3. The number of carbonyl (C=O) groups excluding carboxylic acids is 2. The van der Waals surface area contributed by atoms with E-state index in [0.717, 1.165) is 11.6 Å². The van der Waals surface area contributed by atoms with Crippen molar-refractivity contribution in [3.05, 3.63) is 105 Å². The lowest BCUT2D eigenvalue weighted by Crippen LogP contribution is -2.16. The molecular formula is C27H18ClNO6. The summed E-state index contributed by atoms with van der Waals surface area (Å²) in [6.07, 6.45) is 0. The Morgan fingerprint density at radius 1 is 0.943 bits per heavy atom. The first-order valence-electron chi connectivity index (χ1n) is 10.6. The van der Waals surface area contributed by atoms with E-state index < -0.39 is 11.7 Å². The van der Waals surface area contributed by atoms with Crippen molar-refractivity contribution in [1.82, 2.24) is 0 Å². The Labute approximate surface area is 203 Å². The molecule has 5 rings (SSSR count). The topological polar surface area (TPSA) is 98.7 Å². The van der Waals surface area contributed by atoms with Crippen LogP contribution in [0.15, 0.2) is 80.4 Å². The van der Waals surface area contributed by atoms with Crippen LogP contribution in [0.2, 0.25) is 5.02 Å². The summed E-state index contributed by atoms with van der Waals surface area (Å²) in [7, 11) is 1.47. The van der Waals surface area contributed by atoms with Gasteiger partial charge in [-0.3, -0.25) is 14.4 Å². The number of anilines is 1. The van der Waals surface area contributed by atoms with Crippen molar-refractivity contribution in [2.75, 3.05) is 12.4 Å². The second-order valence-corrected chi connectivity index (χ2v) is 8.27. The van der Waals surface area contributed by atoms with E-state index in [1.807, 2.05) is 0 Å². The Balaban J connectivity index is 1.59. The van der Waals surface area contributed by atoms with Crippen molar-refractivity contribution >= 4 is 50.9 Å². The first-order chi connectivity index (χ1) is 16.9. The van der Waals surface area contributed by atoms with Gasteiger partial charge in [0, 0.05) is 17.0 Å². The number of halogens is 1. The summed E-state index contributed by atoms with van der Waals surface area (Å²) >= 11 is 6.20. The zero-order valence-corrected chi connectivity index (χ0v) is 19.4. The molecule has 0 spiro atoms. The second kappa shape index (κ2) is 8.77. The average Bonchev–Trinajstić information content (AvgIpc) is 3.22. The summed E-state index contributed by atoms with van der Waals surface area (Å²) in [6.45, 7) is 1.79. The maximum atomic E-state index is 13.4. The van der Waals surface area contributed by atoms with Crippen molar-refractivity contribution in [2.24, 2.45) is 0 Å². The molecule has 1 N–H and O–H groups in total. The van der Waals surface area contributed by atoms with Crippen LogP contribution in [-0.2, 0) is 0 Å². The number of nitrogens with one attached hydrogen (secondary N) is 1. The second-order valence-electron chi connectivity index (χ2n) is 7.86. The van der Waals surface area contributed by atoms with Gasteiger partial charge in [0.15, 0.2) is 16.9 Å². The van der Waals surface area contributed by atoms with Gasteiger partial charge in [-0.25, -0.2) is 0 Å². The quantitative estimate of drug-likeness (QED) is 0.305. The molecule has 2 aromatic heterocycles. The maximum absolute atomic E-state index is 13.4. The lowest BCUT2D eigenvalue weighted by Gasteiger charge is -2.08. The molecule has 0 bridgehead atoms. The summed E-state index contributed by atoms with van der Waals surface area (Å²) < 4.78 is 16.7. The number of fused-ring (bicyclic) bond motifs is 2. The van der Waals surface area contributed by atoms with Crippen molar-refractivity contribution in [3.8, 4) is 5.75 Å². The van der Waals surface area contributed by atoms with E-state index in [9.17, 15) is 14.4 Å². The molecule has 3 aromatic carbocycles. The first-order valence-corrected chi connectivity index (χ1v) is 11.0. The van der Waals surface area contributed by atoms with Crippen LogP contribution in [0.25, 0.3) is 21.9 Å². The minimum absolute atomic E-state index is 0.0832. The highest BCUT2D eigenvalue weighted by atomic mass is 35.5. The molecule has 0 radical (unpaired) electrons. The van der Waals surface area contributed by atoms with Gasteiger partial charge in [0.05, 0.1) is 23.2 Å². The van der Waals surface area contributed by atoms with E-state index in [1.54, 1.807) is 61.5 Å². The van der Waals surface area contributed by atoms with Crippen LogP contribution in [0.4, 0.5) is 5.69 Å². The number of aryl methyl sites for hydroxylation is 1. The minimum Gasteiger partial charge on any atom is -0.495 e. The van der Waals surface area contributed by atoms with E-state index >= 15 is 0 Å². The predicted octanol–water partition coefficient (Wildman–Crippen LogP) is 5.99. The lowest BCUT2D eigenvalue weighted by atomic mass is 10.1. The summed E-state index contributed by atoms with van der Waals surface area (Å²) in [5.41, 5.74) is 1.51. The molecule has 174 valence electrons. The number of para-hydroxylation sites is 2. The first kappa shape index (κ1) is 22.4. The molecule has 35 heavy (non-hydrogen) atoms. The fraction of sp³-hybridized carbons (Fsp3) is 0.0741. The normalized spacial score (nSPS) is 11.1. The molecule has 0 fully saturated rings. The third-order valence-electron chi connectivity index (χ3n) is 5.63. The molecule has 2 heterocycles. The number of ketones is 1. The number of ether oxygens (including phenoxy) is 1. The molecule has 0 aliphatic carbocycles. The van der Waals surface area contributed by atoms with Gasteiger partial charge in [0.1, 0.15) is 16.9 Å². The molecule has 0 aliphatic rings. The molecule has 1 amide bonds. The highest BCUT2D eigenvalue weighted by molar-refractivity contribution is 6.32. The molecule has 0 unspecified atom stereocenters. The molecular weight excluding hydrogens is 470 g/mol. The fourth-order valence-corrected chi connectivity index (χ4v) is 4.13. The molecule has 7 nitrogen and oxygen atoms in total. The number of hydrogen-bond donors (Lipinski definition) is 1. The molecule has 0 saturated carbocycles. The molecule has 0 aliphatic heterocycles. The largest absolute Gasteiger partial charge is 0.495 e. The summed E-state index contributed by atoms with van der Waals surface area (Å²) in [5, 5.41) is 3.86. The summed E-state index contributed by atoms with van der Waals surface area (Å²) in [5.74, 6) is -1.03. The summed E-state index contributed by atoms with van der Waals surface area (Å²) in [6, 6.07) is 17.8. The van der Waals surface area contributed by atoms with E-state index in [1.165, 1.54) is 13.2 Å². The number of amides is 1. The van der Waals surface area contributed by atoms with Crippen LogP contribution in [0.3, 0.4) is 0 Å². The summed E-state index contributed by atoms with van der Waals surface area (Å²) in [4.78, 5) is 39.1. The third kappa shape index (κ3) is 3.96. The Morgan fingerprint density at radius 3 is 2.49 bits per heavy atom. The smallest absolute Gasteiger partial charge is 0.291 e. The van der Waals surface area contributed by atoms with Crippen LogP contribution in [0.1, 0.15) is 32.2 Å². The van der Waals surface area contributed by atoms with Gasteiger partial charge in [-0.15, -0.1) is 0 Å². The third-order valence-corrected chi connectivity index (χ3v) is 5.92. The average molecular weight is 488 g/mol. The predicted molar refractivity (Wildman–Crippen MR) is 133 cm³/mol. The molecule has 0 saturated heterocycles. The van der Waals surface area contributed by atoms with E-state index in [-0.39, 0.29) is 33.2 Å². The van der Waals surface area contributed by atoms with Crippen LogP contribution in [0.5, 0.6) is 5.75 Å². The van der Waals surface area contributed by atoms with Crippen molar-refractivity contribution < 1.29 is 23.2 Å². The van der Waals surface area contributed by atoms with Crippen LogP contribution >= 0.6 is 11.6 Å². The highest BCUT2D eigenvalue weighted by Crippen LogP contribution is 2.34. The molecule has 5 aromatic rings. The number of methoxy groups -OCH3 is 1. The zero-order valence-electron chi connectivity index (χ0n) is 18.7. The van der Waals surface area contributed by atoms with Gasteiger partial charge in [-0.1, -0.05) is 35.9 Å². The minimum atomic E-state index is -0.694. The van der Waals surface area contributed by atoms with Gasteiger partial charge in [0.25, 0.3) is 5.91 Å². The maximum Gasteiger partial charge on any atom is 0.291 e. The lowest BCUT2D eigenvalue weighted by molar-refractivity contribution is 0.0997. The van der Waals surface area contributed by atoms with Crippen LogP contribution in [0, 0.1) is 6.92 Å². The fourth-order valence-electron chi connectivity index (χ4n) is 3.87. The Morgan fingerprint density at radius 2 is 1.71 bits per heavy atom. The number of rotatable bonds is 5. The molecule has 0 atom stereocenters. The van der Waals surface area contributed by atoms with Gasteiger partial charge in [-0.05, 0) is 48.9 Å². The van der Waals surface area contributed by atoms with Gasteiger partial charge >= 0.3 is 0 Å². The van der Waals surface area contributed by atoms with Crippen LogP contribution in [-0.4, -0.2) is 18.8 Å². The van der Waals surface area contributed by atoms with Gasteiger partial charge in [-0.2, -0.15) is 0 Å². The number of hydrogen-bond acceptors (Lipinski definition) is 6. The zero-order chi connectivity index (χ0) is 24.7. The van der Waals surface area contributed by atoms with E-state index in [2.05, 4.69) is 5.32 Å². The monoisotopic (exact) mass is 487 g/mol. The number of furan rings is 1. The Kier molecular flexibility index (Phi) is 5.62. The SMILES string of the molecule is COc1ccc(C(=O)c2oc3ccccc3c2NC(=O)c2cc(=O)c3cccc(C)c3o2)cc1Cl. The standard InChI is InChI=1S/C27H18ClNO6/c1-14-6-5-8-16-19(30)13-22(35-25(14)16)27(32)29-23-17-7-3-4-9-20(17)34-26(23)24(31)15-10-11-21(33-2)18(28)12-15/h3-13H,1-2H3,(H,29,32). The van der Waals surface area contributed by atoms with Gasteiger partial charge < -0.3 is 18.9 Å². The van der Waals surface area contributed by atoms with Crippen LogP contribution < -0.4 is 15.5 Å². The number of carbonyl (C=O) groups is 2. The van der Waals surface area contributed by atoms with E-state index in [4.69, 9.17) is 25.2 Å².